The van der Waals surface area contributed by atoms with Crippen LogP contribution in [0.3, 0.4) is 0 Å². The molecule has 1 aliphatic heterocycles. The van der Waals surface area contributed by atoms with Crippen LogP contribution < -0.4 is 9.47 Å². The molecule has 0 spiro atoms. The van der Waals surface area contributed by atoms with Gasteiger partial charge in [0.2, 0.25) is 0 Å². The Bertz CT molecular complexity index is 1170. The second-order valence-electron chi connectivity index (χ2n) is 9.88. The topological polar surface area (TPSA) is 174 Å². The lowest BCUT2D eigenvalue weighted by Gasteiger charge is -2.39. The van der Waals surface area contributed by atoms with E-state index >= 15 is 0 Å². The highest BCUT2D eigenvalue weighted by Crippen LogP contribution is 2.38. The van der Waals surface area contributed by atoms with Gasteiger partial charge in [-0.1, -0.05) is 36.9 Å². The first-order chi connectivity index (χ1) is 18.8. The predicted octanol–water partition coefficient (Wildman–Crippen LogP) is 2.89. The van der Waals surface area contributed by atoms with Gasteiger partial charge in [0.05, 0.1) is 25.6 Å². The molecule has 11 nitrogen and oxygen atoms in total. The minimum Gasteiger partial charge on any atom is -0.496 e. The van der Waals surface area contributed by atoms with Crippen molar-refractivity contribution < 1.29 is 49.4 Å². The maximum atomic E-state index is 11.2. The lowest BCUT2D eigenvalue weighted by molar-refractivity contribution is -0.170. The summed E-state index contributed by atoms with van der Waals surface area (Å²) in [7, 11) is 1.65. The van der Waals surface area contributed by atoms with Crippen LogP contribution in [0.15, 0.2) is 60.7 Å². The molecule has 0 aromatic heterocycles. The molecule has 0 amide bonds. The molecular weight excluding hydrogens is 522 g/mol. The fraction of sp³-hybridized carbons (Fsp3) is 0.414. The Balaban J connectivity index is 0.000000366. The third kappa shape index (κ3) is 9.67. The summed E-state index contributed by atoms with van der Waals surface area (Å²) in [5, 5.41) is 45.0. The molecule has 3 rings (SSSR count). The smallest absolute Gasteiger partial charge is 0.336 e. The van der Waals surface area contributed by atoms with Gasteiger partial charge in [0.1, 0.15) is 18.1 Å². The molecule has 1 fully saturated rings. The number of hydrogen-bond acceptors (Lipinski definition) is 8. The molecule has 218 valence electrons. The second-order valence-corrected chi connectivity index (χ2v) is 9.88. The summed E-state index contributed by atoms with van der Waals surface area (Å²) in [4.78, 5) is 32.9. The zero-order chi connectivity index (χ0) is 29.9. The fourth-order valence-electron chi connectivity index (χ4n) is 4.29. The quantitative estimate of drug-likeness (QED) is 0.242. The molecule has 2 aromatic carbocycles. The lowest BCUT2D eigenvalue weighted by Crippen LogP contribution is -2.42. The molecule has 0 aliphatic carbocycles. The van der Waals surface area contributed by atoms with E-state index in [0.29, 0.717) is 19.4 Å². The van der Waals surface area contributed by atoms with Gasteiger partial charge in [-0.25, -0.2) is 4.79 Å². The van der Waals surface area contributed by atoms with E-state index in [2.05, 4.69) is 23.6 Å². The van der Waals surface area contributed by atoms with Crippen molar-refractivity contribution in [2.24, 2.45) is 0 Å². The first-order valence-corrected chi connectivity index (χ1v) is 12.6. The summed E-state index contributed by atoms with van der Waals surface area (Å²) in [5.74, 6) is -3.39. The molecule has 0 unspecified atom stereocenters. The number of methoxy groups -OCH3 is 1. The van der Waals surface area contributed by atoms with E-state index < -0.39 is 42.0 Å². The Hall–Kier alpha value is -3.93. The van der Waals surface area contributed by atoms with Gasteiger partial charge >= 0.3 is 17.9 Å². The minimum atomic E-state index is -2.74. The number of para-hydroxylation sites is 1. The van der Waals surface area contributed by atoms with Crippen molar-refractivity contribution in [1.29, 1.82) is 0 Å². The summed E-state index contributed by atoms with van der Waals surface area (Å²) in [6, 6.07) is 16.0. The van der Waals surface area contributed by atoms with Crippen molar-refractivity contribution in [3.8, 4) is 11.5 Å². The number of carboxylic acids is 3. The molecule has 11 heteroatoms. The van der Waals surface area contributed by atoms with Crippen LogP contribution in [0.2, 0.25) is 0 Å². The van der Waals surface area contributed by atoms with Crippen molar-refractivity contribution in [2.45, 2.75) is 50.4 Å². The Morgan fingerprint density at radius 1 is 1.00 bits per heavy atom. The standard InChI is InChI=1S/C23H29NO3.C6H8O7/c1-18(2)17-27-20-8-6-7-19(15-20)16-24-13-11-23(25,12-14-24)21-9-4-5-10-22(21)26-3;7-3(8)1-6(13,5(11)12)2-4(9)10/h4-10,15,25H,1,11-14,16-17H2,2-3H3;13H,1-2H2,(H,7,8)(H,9,10)(H,11,12). The summed E-state index contributed by atoms with van der Waals surface area (Å²) >= 11 is 0. The number of carbonyl (C=O) groups is 3. The van der Waals surface area contributed by atoms with E-state index in [0.717, 1.165) is 42.3 Å². The molecular formula is C29H37NO10. The van der Waals surface area contributed by atoms with Crippen molar-refractivity contribution in [1.82, 2.24) is 4.90 Å². The number of aliphatic hydroxyl groups is 2. The zero-order valence-electron chi connectivity index (χ0n) is 22.7. The number of benzene rings is 2. The fourth-order valence-corrected chi connectivity index (χ4v) is 4.29. The number of ether oxygens (including phenoxy) is 2. The molecule has 0 bridgehead atoms. The second kappa shape index (κ2) is 14.5. The number of carboxylic acid groups (broad SMARTS) is 3. The third-order valence-corrected chi connectivity index (χ3v) is 6.37. The average Bonchev–Trinajstić information content (AvgIpc) is 2.88. The van der Waals surface area contributed by atoms with Gasteiger partial charge in [-0.15, -0.1) is 0 Å². The van der Waals surface area contributed by atoms with E-state index in [9.17, 15) is 19.5 Å². The minimum absolute atomic E-state index is 0.541. The van der Waals surface area contributed by atoms with E-state index in [1.807, 2.05) is 43.3 Å². The van der Waals surface area contributed by atoms with Crippen LogP contribution in [0.4, 0.5) is 0 Å². The van der Waals surface area contributed by atoms with Gasteiger partial charge in [0.25, 0.3) is 0 Å². The summed E-state index contributed by atoms with van der Waals surface area (Å²) < 4.78 is 11.2. The number of rotatable bonds is 12. The van der Waals surface area contributed by atoms with Crippen molar-refractivity contribution in [2.75, 3.05) is 26.8 Å². The molecule has 2 aromatic rings. The zero-order valence-corrected chi connectivity index (χ0v) is 22.7. The number of likely N-dealkylation sites (tertiary alicyclic amines) is 1. The van der Waals surface area contributed by atoms with Crippen LogP contribution in [-0.2, 0) is 26.5 Å². The Morgan fingerprint density at radius 3 is 2.12 bits per heavy atom. The SMILES string of the molecule is C=C(C)COc1cccc(CN2CCC(O)(c3ccccc3OC)CC2)c1.O=C(O)CC(O)(CC(=O)O)C(=O)O. The summed E-state index contributed by atoms with van der Waals surface area (Å²) in [6.45, 7) is 8.90. The van der Waals surface area contributed by atoms with Gasteiger partial charge in [0.15, 0.2) is 5.60 Å². The third-order valence-electron chi connectivity index (χ3n) is 6.37. The molecule has 1 heterocycles. The lowest BCUT2D eigenvalue weighted by atomic mass is 9.84. The summed E-state index contributed by atoms with van der Waals surface area (Å²) in [6.07, 6.45) is -0.901. The largest absolute Gasteiger partial charge is 0.496 e. The molecule has 1 saturated heterocycles. The molecule has 5 N–H and O–H groups in total. The van der Waals surface area contributed by atoms with Crippen LogP contribution >= 0.6 is 0 Å². The van der Waals surface area contributed by atoms with E-state index in [1.54, 1.807) is 7.11 Å². The van der Waals surface area contributed by atoms with Crippen LogP contribution in [0.5, 0.6) is 11.5 Å². The number of hydrogen-bond donors (Lipinski definition) is 5. The first-order valence-electron chi connectivity index (χ1n) is 12.6. The molecule has 0 radical (unpaired) electrons. The first kappa shape index (κ1) is 32.3. The van der Waals surface area contributed by atoms with Gasteiger partial charge in [0, 0.05) is 25.2 Å². The van der Waals surface area contributed by atoms with Crippen LogP contribution in [0.25, 0.3) is 0 Å². The molecule has 1 aliphatic rings. The Labute approximate surface area is 232 Å². The van der Waals surface area contributed by atoms with Crippen molar-refractivity contribution >= 4 is 17.9 Å². The van der Waals surface area contributed by atoms with Crippen molar-refractivity contribution in [3.05, 3.63) is 71.8 Å². The maximum Gasteiger partial charge on any atom is 0.336 e. The van der Waals surface area contributed by atoms with Crippen LogP contribution in [0, 0.1) is 0 Å². The summed E-state index contributed by atoms with van der Waals surface area (Å²) in [5.41, 5.74) is -0.445. The highest BCUT2D eigenvalue weighted by Gasteiger charge is 2.41. The maximum absolute atomic E-state index is 11.2. The van der Waals surface area contributed by atoms with E-state index in [1.165, 1.54) is 5.56 Å². The van der Waals surface area contributed by atoms with E-state index in [4.69, 9.17) is 29.9 Å². The Morgan fingerprint density at radius 2 is 1.60 bits per heavy atom. The van der Waals surface area contributed by atoms with Crippen LogP contribution in [-0.4, -0.2) is 80.7 Å². The normalized spacial score (nSPS) is 14.8. The highest BCUT2D eigenvalue weighted by atomic mass is 16.5. The van der Waals surface area contributed by atoms with E-state index in [-0.39, 0.29) is 0 Å². The molecule has 0 atom stereocenters. The van der Waals surface area contributed by atoms with Crippen LogP contribution in [0.1, 0.15) is 43.7 Å². The Kier molecular flexibility index (Phi) is 11.7. The highest BCUT2D eigenvalue weighted by molar-refractivity contribution is 5.88. The predicted molar refractivity (Wildman–Crippen MR) is 145 cm³/mol. The molecule has 40 heavy (non-hydrogen) atoms. The van der Waals surface area contributed by atoms with Crippen molar-refractivity contribution in [3.63, 3.8) is 0 Å². The molecule has 0 saturated carbocycles. The number of piperidine rings is 1. The van der Waals surface area contributed by atoms with Gasteiger partial charge in [-0.05, 0) is 49.1 Å². The van der Waals surface area contributed by atoms with Gasteiger partial charge < -0.3 is 35.0 Å². The average molecular weight is 560 g/mol. The monoisotopic (exact) mass is 559 g/mol. The van der Waals surface area contributed by atoms with Gasteiger partial charge in [-0.2, -0.15) is 0 Å². The number of nitrogens with zero attached hydrogens (tertiary/aromatic N) is 1. The number of aliphatic carboxylic acids is 3. The van der Waals surface area contributed by atoms with Gasteiger partial charge in [-0.3, -0.25) is 14.5 Å².